The van der Waals surface area contributed by atoms with E-state index in [1.54, 1.807) is 0 Å². The van der Waals surface area contributed by atoms with E-state index in [-0.39, 0.29) is 8.46 Å². The van der Waals surface area contributed by atoms with Crippen LogP contribution < -0.4 is 0 Å². The molecular weight excluding hydrogens is 187 g/mol. The summed E-state index contributed by atoms with van der Waals surface area (Å²) in [6.07, 6.45) is 1.81. The minimum absolute atomic E-state index is 0.0421. The fourth-order valence-electron chi connectivity index (χ4n) is 1.72. The molecule has 76 valence electrons. The highest BCUT2D eigenvalue weighted by molar-refractivity contribution is 7.26. The summed E-state index contributed by atoms with van der Waals surface area (Å²) in [4.78, 5) is 10.9. The monoisotopic (exact) mass is 204 g/mol. The standard InChI is InChI=1S/C9H17O3P/c1-4-7(8(10)11)9(5-2,6-3)13-12/h7H,4-6H2,1-3H3,(H,10,11). The van der Waals surface area contributed by atoms with Crippen LogP contribution >= 0.6 is 8.46 Å². The predicted molar refractivity (Wildman–Crippen MR) is 52.3 cm³/mol. The Morgan fingerprint density at radius 3 is 1.92 bits per heavy atom. The van der Waals surface area contributed by atoms with Crippen LogP contribution in [-0.4, -0.2) is 16.2 Å². The number of hydrogen-bond donors (Lipinski definition) is 1. The number of carboxylic acids is 1. The van der Waals surface area contributed by atoms with Crippen LogP contribution in [0.5, 0.6) is 0 Å². The Morgan fingerprint density at radius 2 is 1.85 bits per heavy atom. The number of carboxylic acid groups (broad SMARTS) is 1. The summed E-state index contributed by atoms with van der Waals surface area (Å²) in [5.41, 5.74) is 0. The average molecular weight is 204 g/mol. The van der Waals surface area contributed by atoms with E-state index in [0.29, 0.717) is 19.3 Å². The molecule has 0 aromatic carbocycles. The van der Waals surface area contributed by atoms with Crippen LogP contribution in [0.4, 0.5) is 0 Å². The van der Waals surface area contributed by atoms with E-state index in [2.05, 4.69) is 0 Å². The largest absolute Gasteiger partial charge is 0.481 e. The zero-order chi connectivity index (χ0) is 10.5. The Hall–Kier alpha value is -0.430. The third-order valence-electron chi connectivity index (χ3n) is 2.76. The molecule has 0 radical (unpaired) electrons. The summed E-state index contributed by atoms with van der Waals surface area (Å²) in [5, 5.41) is 8.39. The highest BCUT2D eigenvalue weighted by Gasteiger charge is 2.40. The Bertz CT molecular complexity index is 187. The molecule has 0 fully saturated rings. The summed E-state index contributed by atoms with van der Waals surface area (Å²) in [6, 6.07) is 0. The first-order valence-electron chi connectivity index (χ1n) is 4.65. The zero-order valence-corrected chi connectivity index (χ0v) is 9.30. The maximum Gasteiger partial charge on any atom is 0.307 e. The summed E-state index contributed by atoms with van der Waals surface area (Å²) in [6.45, 7) is 5.60. The molecule has 13 heavy (non-hydrogen) atoms. The van der Waals surface area contributed by atoms with Crippen LogP contribution in [0.2, 0.25) is 0 Å². The third-order valence-corrected chi connectivity index (χ3v) is 4.07. The highest BCUT2D eigenvalue weighted by Crippen LogP contribution is 2.40. The van der Waals surface area contributed by atoms with Gasteiger partial charge in [-0.15, -0.1) is 0 Å². The second kappa shape index (κ2) is 5.33. The van der Waals surface area contributed by atoms with E-state index in [0.717, 1.165) is 0 Å². The normalized spacial score (nSPS) is 14.4. The second-order valence-corrected chi connectivity index (χ2v) is 4.27. The molecule has 0 aliphatic heterocycles. The minimum Gasteiger partial charge on any atom is -0.481 e. The maximum absolute atomic E-state index is 11.0. The Labute approximate surface area is 80.7 Å². The summed E-state index contributed by atoms with van der Waals surface area (Å²) in [7, 11) is -0.0421. The van der Waals surface area contributed by atoms with Gasteiger partial charge >= 0.3 is 5.97 Å². The van der Waals surface area contributed by atoms with Crippen molar-refractivity contribution in [2.75, 3.05) is 0 Å². The molecule has 0 bridgehead atoms. The lowest BCUT2D eigenvalue weighted by Gasteiger charge is -2.29. The van der Waals surface area contributed by atoms with Crippen molar-refractivity contribution in [3.8, 4) is 0 Å². The second-order valence-electron chi connectivity index (χ2n) is 3.20. The van der Waals surface area contributed by atoms with Crippen molar-refractivity contribution in [1.82, 2.24) is 0 Å². The van der Waals surface area contributed by atoms with Crippen molar-refractivity contribution in [2.45, 2.75) is 45.2 Å². The van der Waals surface area contributed by atoms with Gasteiger partial charge in [0, 0.05) is 0 Å². The summed E-state index contributed by atoms with van der Waals surface area (Å²) in [5.74, 6) is -1.34. The van der Waals surface area contributed by atoms with E-state index >= 15 is 0 Å². The molecule has 0 spiro atoms. The average Bonchev–Trinajstić information content (AvgIpc) is 2.13. The number of rotatable bonds is 6. The first-order valence-corrected chi connectivity index (χ1v) is 5.46. The molecule has 1 atom stereocenters. The first kappa shape index (κ1) is 12.6. The smallest absolute Gasteiger partial charge is 0.307 e. The van der Waals surface area contributed by atoms with Crippen molar-refractivity contribution in [3.05, 3.63) is 0 Å². The summed E-state index contributed by atoms with van der Waals surface area (Å²) < 4.78 is 11.0. The zero-order valence-electron chi connectivity index (χ0n) is 8.41. The number of aliphatic carboxylic acids is 1. The van der Waals surface area contributed by atoms with Crippen LogP contribution in [0.25, 0.3) is 0 Å². The molecular formula is C9H17O3P. The fourth-order valence-corrected chi connectivity index (χ4v) is 2.40. The molecule has 1 unspecified atom stereocenters. The quantitative estimate of drug-likeness (QED) is 0.676. The van der Waals surface area contributed by atoms with Crippen LogP contribution in [0.1, 0.15) is 40.0 Å². The maximum atomic E-state index is 11.0. The van der Waals surface area contributed by atoms with Gasteiger partial charge in [0.15, 0.2) is 8.46 Å². The van der Waals surface area contributed by atoms with Gasteiger partial charge in [-0.2, -0.15) is 0 Å². The Balaban J connectivity index is 4.87. The van der Waals surface area contributed by atoms with E-state index in [9.17, 15) is 9.36 Å². The lowest BCUT2D eigenvalue weighted by Crippen LogP contribution is -2.36. The SMILES string of the molecule is CCC(C(=O)O)C(CC)(CC)P=O. The molecule has 0 amide bonds. The Morgan fingerprint density at radius 1 is 1.38 bits per heavy atom. The van der Waals surface area contributed by atoms with Crippen LogP contribution in [0.15, 0.2) is 0 Å². The van der Waals surface area contributed by atoms with E-state index < -0.39 is 17.0 Å². The third kappa shape index (κ3) is 2.50. The number of hydrogen-bond acceptors (Lipinski definition) is 2. The predicted octanol–water partition coefficient (Wildman–Crippen LogP) is 2.95. The van der Waals surface area contributed by atoms with Crippen molar-refractivity contribution in [3.63, 3.8) is 0 Å². The molecule has 0 aromatic heterocycles. The molecule has 0 rings (SSSR count). The van der Waals surface area contributed by atoms with Crippen molar-refractivity contribution < 1.29 is 14.5 Å². The van der Waals surface area contributed by atoms with Crippen molar-refractivity contribution in [1.29, 1.82) is 0 Å². The molecule has 1 N–H and O–H groups in total. The first-order chi connectivity index (χ1) is 6.07. The van der Waals surface area contributed by atoms with Crippen LogP contribution in [-0.2, 0) is 9.36 Å². The van der Waals surface area contributed by atoms with E-state index in [1.807, 2.05) is 20.8 Å². The lowest BCUT2D eigenvalue weighted by molar-refractivity contribution is -0.143. The van der Waals surface area contributed by atoms with Gasteiger partial charge in [-0.1, -0.05) is 20.8 Å². The molecule has 0 aliphatic carbocycles. The molecule has 4 heteroatoms. The van der Waals surface area contributed by atoms with Gasteiger partial charge in [0.2, 0.25) is 0 Å². The van der Waals surface area contributed by atoms with Crippen LogP contribution in [0.3, 0.4) is 0 Å². The van der Waals surface area contributed by atoms with E-state index in [4.69, 9.17) is 5.11 Å². The van der Waals surface area contributed by atoms with Gasteiger partial charge in [-0.25, -0.2) is 0 Å². The highest BCUT2D eigenvalue weighted by atomic mass is 31.1. The van der Waals surface area contributed by atoms with Gasteiger partial charge in [0.25, 0.3) is 0 Å². The Kier molecular flexibility index (Phi) is 5.16. The lowest BCUT2D eigenvalue weighted by atomic mass is 9.85. The minimum atomic E-state index is -0.838. The topological polar surface area (TPSA) is 54.4 Å². The van der Waals surface area contributed by atoms with Crippen molar-refractivity contribution >= 4 is 14.4 Å². The van der Waals surface area contributed by atoms with Crippen LogP contribution in [0, 0.1) is 5.92 Å². The summed E-state index contributed by atoms with van der Waals surface area (Å²) >= 11 is 0. The van der Waals surface area contributed by atoms with Gasteiger partial charge < -0.3 is 5.11 Å². The van der Waals surface area contributed by atoms with Gasteiger partial charge in [0.05, 0.1) is 11.1 Å². The fraction of sp³-hybridized carbons (Fsp3) is 0.889. The van der Waals surface area contributed by atoms with Crippen molar-refractivity contribution in [2.24, 2.45) is 5.92 Å². The number of carbonyl (C=O) groups is 1. The van der Waals surface area contributed by atoms with E-state index in [1.165, 1.54) is 0 Å². The van der Waals surface area contributed by atoms with Gasteiger partial charge in [-0.3, -0.25) is 9.36 Å². The molecule has 0 saturated carbocycles. The molecule has 3 nitrogen and oxygen atoms in total. The molecule has 0 aromatic rings. The molecule has 0 heterocycles. The van der Waals surface area contributed by atoms with Gasteiger partial charge in [-0.05, 0) is 19.3 Å². The van der Waals surface area contributed by atoms with Gasteiger partial charge in [0.1, 0.15) is 0 Å². The molecule has 0 aliphatic rings. The molecule has 0 saturated heterocycles.